The molecule has 9 heteroatoms. The van der Waals surface area contributed by atoms with Gasteiger partial charge in [0.2, 0.25) is 0 Å². The molecule has 8 nitrogen and oxygen atoms in total. The molecule has 0 unspecified atom stereocenters. The van der Waals surface area contributed by atoms with Gasteiger partial charge in [-0.15, -0.1) is 5.10 Å². The summed E-state index contributed by atoms with van der Waals surface area (Å²) in [5.41, 5.74) is 5.38. The lowest BCUT2D eigenvalue weighted by Gasteiger charge is -2.03. The van der Waals surface area contributed by atoms with E-state index in [0.717, 1.165) is 6.42 Å². The Morgan fingerprint density at radius 3 is 2.95 bits per heavy atom. The number of hydrogen-bond acceptors (Lipinski definition) is 6. The molecule has 0 aliphatic rings. The minimum Gasteiger partial charge on any atom is -0.330 e. The lowest BCUT2D eigenvalue weighted by molar-refractivity contribution is 0.582. The quantitative estimate of drug-likeness (QED) is 0.759. The average molecular weight is 282 g/mol. The fraction of sp³-hybridized carbons (Fsp3) is 0.300. The Bertz CT molecular complexity index is 624. The molecule has 19 heavy (non-hydrogen) atoms. The molecule has 0 aliphatic heterocycles. The van der Waals surface area contributed by atoms with Crippen LogP contribution in [0.25, 0.3) is 0 Å². The van der Waals surface area contributed by atoms with Crippen molar-refractivity contribution in [3.8, 4) is 0 Å². The van der Waals surface area contributed by atoms with Crippen LogP contribution in [0.15, 0.2) is 35.6 Å². The average Bonchev–Trinajstić information content (AvgIpc) is 2.86. The number of nitrogens with zero attached hydrogens (tertiary/aromatic N) is 4. The van der Waals surface area contributed by atoms with E-state index in [-0.39, 0.29) is 10.7 Å². The molecule has 0 atom stereocenters. The van der Waals surface area contributed by atoms with E-state index in [2.05, 4.69) is 20.0 Å². The second-order valence-electron chi connectivity index (χ2n) is 3.80. The Hall–Kier alpha value is -2.00. The monoisotopic (exact) mass is 282 g/mol. The summed E-state index contributed by atoms with van der Waals surface area (Å²) in [5, 5.41) is 11.2. The van der Waals surface area contributed by atoms with E-state index >= 15 is 0 Å². The number of nitrogens with one attached hydrogen (secondary N) is 1. The van der Waals surface area contributed by atoms with Gasteiger partial charge in [0.1, 0.15) is 4.90 Å². The summed E-state index contributed by atoms with van der Waals surface area (Å²) in [6.07, 6.45) is 4.94. The number of anilines is 1. The fourth-order valence-corrected chi connectivity index (χ4v) is 2.36. The molecule has 2 aromatic rings. The van der Waals surface area contributed by atoms with Crippen LogP contribution in [0.3, 0.4) is 0 Å². The van der Waals surface area contributed by atoms with Gasteiger partial charge in [0.15, 0.2) is 5.82 Å². The molecule has 0 bridgehead atoms. The molecule has 0 aliphatic carbocycles. The van der Waals surface area contributed by atoms with Crippen molar-refractivity contribution < 1.29 is 8.42 Å². The van der Waals surface area contributed by atoms with Crippen molar-refractivity contribution in [3.63, 3.8) is 0 Å². The largest absolute Gasteiger partial charge is 0.330 e. The third-order valence-electron chi connectivity index (χ3n) is 2.32. The number of rotatable bonds is 6. The summed E-state index contributed by atoms with van der Waals surface area (Å²) < 4.78 is 27.9. The van der Waals surface area contributed by atoms with E-state index in [4.69, 9.17) is 5.73 Å². The molecule has 0 radical (unpaired) electrons. The Kier molecular flexibility index (Phi) is 4.07. The van der Waals surface area contributed by atoms with Gasteiger partial charge in [-0.25, -0.2) is 8.42 Å². The summed E-state index contributed by atoms with van der Waals surface area (Å²) in [6, 6.07) is 3.11. The molecule has 0 aromatic carbocycles. The van der Waals surface area contributed by atoms with Crippen LogP contribution in [0.2, 0.25) is 0 Å². The van der Waals surface area contributed by atoms with Crippen molar-refractivity contribution in [1.29, 1.82) is 0 Å². The summed E-state index contributed by atoms with van der Waals surface area (Å²) in [5.74, 6) is 0.164. The second-order valence-corrected chi connectivity index (χ2v) is 5.48. The number of nitrogens with two attached hydrogens (primary N) is 1. The third kappa shape index (κ3) is 3.48. The van der Waals surface area contributed by atoms with Crippen molar-refractivity contribution >= 4 is 15.8 Å². The highest BCUT2D eigenvalue weighted by atomic mass is 32.2. The van der Waals surface area contributed by atoms with Gasteiger partial charge < -0.3 is 5.73 Å². The summed E-state index contributed by atoms with van der Waals surface area (Å²) in [4.78, 5) is 0.0789. The predicted octanol–water partition coefficient (Wildman–Crippen LogP) is -0.177. The Balaban J connectivity index is 2.13. The molecular weight excluding hydrogens is 268 g/mol. The Morgan fingerprint density at radius 1 is 1.42 bits per heavy atom. The summed E-state index contributed by atoms with van der Waals surface area (Å²) in [6.45, 7) is 1.11. The maximum Gasteiger partial charge on any atom is 0.266 e. The highest BCUT2D eigenvalue weighted by Gasteiger charge is 2.17. The van der Waals surface area contributed by atoms with Crippen LogP contribution in [0.5, 0.6) is 0 Å². The molecular formula is C10H14N6O2S. The molecule has 102 valence electrons. The fourth-order valence-electron chi connectivity index (χ4n) is 1.41. The highest BCUT2D eigenvalue weighted by Crippen LogP contribution is 2.12. The number of hydrogen-bond donors (Lipinski definition) is 2. The zero-order valence-corrected chi connectivity index (χ0v) is 10.9. The first-order valence-electron chi connectivity index (χ1n) is 5.65. The lowest BCUT2D eigenvalue weighted by atomic mass is 10.4. The van der Waals surface area contributed by atoms with Crippen LogP contribution in [0.4, 0.5) is 5.82 Å². The summed E-state index contributed by atoms with van der Waals surface area (Å²) >= 11 is 0. The van der Waals surface area contributed by atoms with E-state index < -0.39 is 10.0 Å². The summed E-state index contributed by atoms with van der Waals surface area (Å²) in [7, 11) is -3.68. The molecule has 2 heterocycles. The zero-order valence-electron chi connectivity index (χ0n) is 10.1. The van der Waals surface area contributed by atoms with Crippen molar-refractivity contribution in [3.05, 3.63) is 30.7 Å². The third-order valence-corrected chi connectivity index (χ3v) is 3.63. The number of aromatic nitrogens is 4. The van der Waals surface area contributed by atoms with Crippen molar-refractivity contribution in [1.82, 2.24) is 20.0 Å². The van der Waals surface area contributed by atoms with E-state index in [0.29, 0.717) is 13.1 Å². The molecule has 0 amide bonds. The van der Waals surface area contributed by atoms with Gasteiger partial charge in [-0.1, -0.05) is 0 Å². The zero-order chi connectivity index (χ0) is 13.7. The van der Waals surface area contributed by atoms with Crippen molar-refractivity contribution in [2.75, 3.05) is 11.3 Å². The first-order chi connectivity index (χ1) is 9.12. The van der Waals surface area contributed by atoms with Gasteiger partial charge in [-0.05, 0) is 25.1 Å². The molecule has 0 spiro atoms. The van der Waals surface area contributed by atoms with Gasteiger partial charge in [0.05, 0.1) is 6.20 Å². The van der Waals surface area contributed by atoms with Gasteiger partial charge in [0.25, 0.3) is 10.0 Å². The van der Waals surface area contributed by atoms with Crippen molar-refractivity contribution in [2.24, 2.45) is 5.73 Å². The van der Waals surface area contributed by atoms with Gasteiger partial charge >= 0.3 is 0 Å². The molecule has 0 fully saturated rings. The topological polar surface area (TPSA) is 116 Å². The highest BCUT2D eigenvalue weighted by molar-refractivity contribution is 7.92. The minimum atomic E-state index is -3.68. The number of aryl methyl sites for hydroxylation is 1. The maximum atomic E-state index is 12.0. The first kappa shape index (κ1) is 13.4. The second kappa shape index (κ2) is 5.76. The smallest absolute Gasteiger partial charge is 0.266 e. The van der Waals surface area contributed by atoms with E-state index in [9.17, 15) is 8.42 Å². The predicted molar refractivity (Wildman–Crippen MR) is 68.7 cm³/mol. The molecule has 2 aromatic heterocycles. The molecule has 3 N–H and O–H groups in total. The molecule has 2 rings (SSSR count). The van der Waals surface area contributed by atoms with Gasteiger partial charge in [-0.2, -0.15) is 10.2 Å². The van der Waals surface area contributed by atoms with E-state index in [1.54, 1.807) is 6.07 Å². The van der Waals surface area contributed by atoms with Crippen LogP contribution in [-0.2, 0) is 16.6 Å². The van der Waals surface area contributed by atoms with E-state index in [1.165, 1.54) is 29.3 Å². The van der Waals surface area contributed by atoms with Crippen LogP contribution in [-0.4, -0.2) is 34.9 Å². The standard InChI is InChI=1S/C10H14N6O2S/c11-4-2-6-16-8-9(7-13-16)19(17,18)15-10-3-1-5-12-14-10/h1,3,5,7-8H,2,4,6,11H2,(H,14,15). The van der Waals surface area contributed by atoms with Crippen LogP contribution in [0, 0.1) is 0 Å². The first-order valence-corrected chi connectivity index (χ1v) is 7.13. The SMILES string of the molecule is NCCCn1cc(S(=O)(=O)Nc2cccnn2)cn1. The Labute approximate surface area is 110 Å². The van der Waals surface area contributed by atoms with Crippen molar-refractivity contribution in [2.45, 2.75) is 17.9 Å². The molecule has 0 saturated heterocycles. The Morgan fingerprint density at radius 2 is 2.26 bits per heavy atom. The van der Waals surface area contributed by atoms with Crippen LogP contribution < -0.4 is 10.5 Å². The van der Waals surface area contributed by atoms with Crippen LogP contribution >= 0.6 is 0 Å². The molecule has 0 saturated carbocycles. The normalized spacial score (nSPS) is 11.4. The maximum absolute atomic E-state index is 12.0. The van der Waals surface area contributed by atoms with E-state index in [1.807, 2.05) is 0 Å². The number of sulfonamides is 1. The lowest BCUT2D eigenvalue weighted by Crippen LogP contribution is -2.13. The van der Waals surface area contributed by atoms with Gasteiger partial charge in [-0.3, -0.25) is 9.40 Å². The van der Waals surface area contributed by atoms with Gasteiger partial charge in [0, 0.05) is 18.9 Å². The van der Waals surface area contributed by atoms with Crippen LogP contribution in [0.1, 0.15) is 6.42 Å². The minimum absolute atomic E-state index is 0.0789.